The van der Waals surface area contributed by atoms with E-state index in [0.717, 1.165) is 45.6 Å². The Labute approximate surface area is 197 Å². The maximum atomic E-state index is 13.6. The van der Waals surface area contributed by atoms with E-state index in [1.54, 1.807) is 4.57 Å². The summed E-state index contributed by atoms with van der Waals surface area (Å²) in [6.45, 7) is 13.0. The van der Waals surface area contributed by atoms with Gasteiger partial charge < -0.3 is 23.9 Å². The van der Waals surface area contributed by atoms with Crippen LogP contribution in [0.5, 0.6) is 11.5 Å². The number of pyridine rings is 2. The van der Waals surface area contributed by atoms with Crippen molar-refractivity contribution in [3.05, 3.63) is 62.6 Å². The van der Waals surface area contributed by atoms with Crippen LogP contribution in [-0.2, 0) is 29.9 Å². The van der Waals surface area contributed by atoms with Gasteiger partial charge in [-0.15, -0.1) is 0 Å². The van der Waals surface area contributed by atoms with E-state index in [1.165, 1.54) is 5.56 Å². The van der Waals surface area contributed by atoms with Gasteiger partial charge in [0.05, 0.1) is 29.0 Å². The third-order valence-corrected chi connectivity index (χ3v) is 7.56. The lowest BCUT2D eigenvalue weighted by Gasteiger charge is -2.35. The highest BCUT2D eigenvalue weighted by Gasteiger charge is 2.41. The molecule has 0 radical (unpaired) electrons. The van der Waals surface area contributed by atoms with E-state index >= 15 is 0 Å². The fraction of sp³-hybridized carbons (Fsp3) is 0.407. The summed E-state index contributed by atoms with van der Waals surface area (Å²) in [5.41, 5.74) is 5.19. The molecular formula is C27H28N2O5. The summed E-state index contributed by atoms with van der Waals surface area (Å²) in [4.78, 5) is 18.7. The topological polar surface area (TPSA) is 82.8 Å². The lowest BCUT2D eigenvalue weighted by molar-refractivity contribution is -0.0172. The number of aromatic nitrogens is 2. The molecule has 176 valence electrons. The fourth-order valence-electron chi connectivity index (χ4n) is 5.79. The third kappa shape index (κ3) is 2.56. The summed E-state index contributed by atoms with van der Waals surface area (Å²) in [7, 11) is 0. The average Bonchev–Trinajstić information content (AvgIpc) is 3.43. The molecule has 0 fully saturated rings. The van der Waals surface area contributed by atoms with E-state index in [1.807, 2.05) is 19.1 Å². The molecule has 7 nitrogen and oxygen atoms in total. The van der Waals surface area contributed by atoms with Gasteiger partial charge in [-0.2, -0.15) is 0 Å². The van der Waals surface area contributed by atoms with Crippen LogP contribution in [0.3, 0.4) is 0 Å². The normalized spacial score (nSPS) is 19.9. The number of benzene rings is 1. The fourth-order valence-corrected chi connectivity index (χ4v) is 5.79. The molecule has 3 aromatic rings. The van der Waals surface area contributed by atoms with Crippen molar-refractivity contribution in [1.29, 1.82) is 0 Å². The maximum Gasteiger partial charge on any atom is 0.258 e. The van der Waals surface area contributed by atoms with Crippen LogP contribution in [0.4, 0.5) is 0 Å². The second kappa shape index (κ2) is 7.09. The molecule has 1 N–H and O–H groups in total. The van der Waals surface area contributed by atoms with Crippen molar-refractivity contribution in [2.75, 3.05) is 6.79 Å². The Hall–Kier alpha value is -3.32. The van der Waals surface area contributed by atoms with Crippen LogP contribution in [0, 0.1) is 0 Å². The molecule has 0 saturated carbocycles. The third-order valence-electron chi connectivity index (χ3n) is 7.56. The van der Waals surface area contributed by atoms with Crippen molar-refractivity contribution >= 4 is 10.9 Å². The maximum absolute atomic E-state index is 13.6. The summed E-state index contributed by atoms with van der Waals surface area (Å²) in [5, 5.41) is 12.4. The minimum Gasteiger partial charge on any atom is -0.490 e. The Balaban J connectivity index is 1.68. The molecule has 3 aliphatic rings. The zero-order valence-corrected chi connectivity index (χ0v) is 19.9. The second-order valence-electron chi connectivity index (χ2n) is 9.58. The number of hydrogen-bond donors (Lipinski definition) is 1. The summed E-state index contributed by atoms with van der Waals surface area (Å²) in [6.07, 6.45) is 1.16. The van der Waals surface area contributed by atoms with E-state index < -0.39 is 5.60 Å². The number of aryl methyl sites for hydroxylation is 1. The molecule has 34 heavy (non-hydrogen) atoms. The molecule has 0 amide bonds. The first-order valence-corrected chi connectivity index (χ1v) is 11.9. The van der Waals surface area contributed by atoms with E-state index in [9.17, 15) is 9.90 Å². The van der Waals surface area contributed by atoms with Gasteiger partial charge in [-0.1, -0.05) is 34.3 Å². The minimum atomic E-state index is -1.40. The van der Waals surface area contributed by atoms with Gasteiger partial charge in [-0.3, -0.25) is 4.79 Å². The standard InChI is InChI=1S/C27H28N2O5/c1-6-15-16-10-29-20(8-18-17(26(29)30)11-32-14(5)27(18,31)7-2)24(16)28-19-9-21-25(34-12-33-21)22(13(3)4)23(15)19/h8-9,13,31H,5-7,10-12H2,1-4H3/t27-/m1/s1. The molecule has 7 heteroatoms. The number of fused-ring (bicyclic) bond motifs is 6. The Bertz CT molecular complexity index is 1470. The van der Waals surface area contributed by atoms with Gasteiger partial charge in [0.1, 0.15) is 18.0 Å². The van der Waals surface area contributed by atoms with Crippen LogP contribution in [0.1, 0.15) is 67.9 Å². The van der Waals surface area contributed by atoms with Crippen LogP contribution in [0.2, 0.25) is 0 Å². The van der Waals surface area contributed by atoms with E-state index in [4.69, 9.17) is 19.2 Å². The molecule has 0 unspecified atom stereocenters. The van der Waals surface area contributed by atoms with Crippen LogP contribution in [0.25, 0.3) is 22.3 Å². The van der Waals surface area contributed by atoms with Crippen molar-refractivity contribution in [2.24, 2.45) is 0 Å². The van der Waals surface area contributed by atoms with E-state index in [2.05, 4.69) is 27.4 Å². The van der Waals surface area contributed by atoms with Gasteiger partial charge in [-0.05, 0) is 30.4 Å². The Morgan fingerprint density at radius 1 is 1.21 bits per heavy atom. The van der Waals surface area contributed by atoms with Gasteiger partial charge >= 0.3 is 0 Å². The largest absolute Gasteiger partial charge is 0.490 e. The van der Waals surface area contributed by atoms with Crippen LogP contribution >= 0.6 is 0 Å². The van der Waals surface area contributed by atoms with E-state index in [-0.39, 0.29) is 30.6 Å². The Kier molecular flexibility index (Phi) is 4.43. The average molecular weight is 461 g/mol. The molecule has 0 bridgehead atoms. The summed E-state index contributed by atoms with van der Waals surface area (Å²) < 4.78 is 19.0. The highest BCUT2D eigenvalue weighted by molar-refractivity contribution is 5.94. The molecule has 1 atom stereocenters. The van der Waals surface area contributed by atoms with Crippen LogP contribution in [-0.4, -0.2) is 21.5 Å². The number of nitrogens with zero attached hydrogens (tertiary/aromatic N) is 2. The summed E-state index contributed by atoms with van der Waals surface area (Å²) in [6, 6.07) is 3.86. The van der Waals surface area contributed by atoms with Gasteiger partial charge in [0.15, 0.2) is 11.5 Å². The number of rotatable bonds is 3. The first-order valence-electron chi connectivity index (χ1n) is 11.9. The highest BCUT2D eigenvalue weighted by atomic mass is 16.7. The molecule has 1 aromatic carbocycles. The summed E-state index contributed by atoms with van der Waals surface area (Å²) in [5.74, 6) is 2.00. The predicted molar refractivity (Wildman–Crippen MR) is 128 cm³/mol. The van der Waals surface area contributed by atoms with Crippen molar-refractivity contribution in [1.82, 2.24) is 9.55 Å². The van der Waals surface area contributed by atoms with Gasteiger partial charge in [-0.25, -0.2) is 4.98 Å². The number of ether oxygens (including phenoxy) is 3. The minimum absolute atomic E-state index is 0.112. The molecular weight excluding hydrogens is 432 g/mol. The smallest absolute Gasteiger partial charge is 0.258 e. The zero-order chi connectivity index (χ0) is 23.9. The number of hydrogen-bond acceptors (Lipinski definition) is 6. The zero-order valence-electron chi connectivity index (χ0n) is 19.9. The van der Waals surface area contributed by atoms with Crippen molar-refractivity contribution in [3.63, 3.8) is 0 Å². The molecule has 3 aliphatic heterocycles. The predicted octanol–water partition coefficient (Wildman–Crippen LogP) is 4.48. The van der Waals surface area contributed by atoms with Crippen molar-refractivity contribution in [2.45, 2.75) is 65.2 Å². The lowest BCUT2D eigenvalue weighted by Crippen LogP contribution is -2.38. The van der Waals surface area contributed by atoms with Gasteiger partial charge in [0.2, 0.25) is 6.79 Å². The lowest BCUT2D eigenvalue weighted by atomic mass is 9.84. The van der Waals surface area contributed by atoms with Gasteiger partial charge in [0.25, 0.3) is 5.56 Å². The molecule has 0 aliphatic carbocycles. The molecule has 5 heterocycles. The van der Waals surface area contributed by atoms with Crippen LogP contribution < -0.4 is 15.0 Å². The summed E-state index contributed by atoms with van der Waals surface area (Å²) >= 11 is 0. The van der Waals surface area contributed by atoms with E-state index in [0.29, 0.717) is 29.8 Å². The molecule has 0 spiro atoms. The Morgan fingerprint density at radius 2 is 2.00 bits per heavy atom. The number of aliphatic hydroxyl groups is 1. The van der Waals surface area contributed by atoms with Crippen molar-refractivity contribution in [3.8, 4) is 22.9 Å². The first kappa shape index (κ1) is 21.2. The second-order valence-corrected chi connectivity index (χ2v) is 9.58. The first-order chi connectivity index (χ1) is 16.3. The molecule has 6 rings (SSSR count). The molecule has 2 aromatic heterocycles. The Morgan fingerprint density at radius 3 is 2.71 bits per heavy atom. The SMILES string of the molecule is C=C1OCc2c(cc3n(c2=O)Cc2c-3nc3cc4c(c(C(C)C)c3c2CC)OCO4)[C@@]1(O)CC. The van der Waals surface area contributed by atoms with Crippen molar-refractivity contribution < 1.29 is 19.3 Å². The molecule has 0 saturated heterocycles. The van der Waals surface area contributed by atoms with Crippen LogP contribution in [0.15, 0.2) is 29.3 Å². The van der Waals surface area contributed by atoms with Gasteiger partial charge in [0, 0.05) is 28.1 Å². The monoisotopic (exact) mass is 460 g/mol. The quantitative estimate of drug-likeness (QED) is 0.485. The highest BCUT2D eigenvalue weighted by Crippen LogP contribution is 2.48.